The molecule has 0 radical (unpaired) electrons. The number of amides is 1. The zero-order valence-electron chi connectivity index (χ0n) is 17.4. The third-order valence-electron chi connectivity index (χ3n) is 4.65. The molecule has 0 aliphatic heterocycles. The Morgan fingerprint density at radius 2 is 2.00 bits per heavy atom. The summed E-state index contributed by atoms with van der Waals surface area (Å²) in [5.74, 6) is 0.691. The summed E-state index contributed by atoms with van der Waals surface area (Å²) in [7, 11) is 1.64. The number of rotatable bonds is 8. The Labute approximate surface area is 177 Å². The van der Waals surface area contributed by atoms with E-state index >= 15 is 0 Å². The van der Waals surface area contributed by atoms with Gasteiger partial charge in [0.25, 0.3) is 5.91 Å². The van der Waals surface area contributed by atoms with Gasteiger partial charge in [-0.2, -0.15) is 0 Å². The predicted molar refractivity (Wildman–Crippen MR) is 120 cm³/mol. The third-order valence-corrected chi connectivity index (χ3v) is 4.65. The van der Waals surface area contributed by atoms with Crippen LogP contribution in [0.2, 0.25) is 0 Å². The minimum Gasteiger partial charge on any atom is -0.357 e. The van der Waals surface area contributed by atoms with Crippen LogP contribution in [0, 0.1) is 0 Å². The molecule has 0 saturated carbocycles. The van der Waals surface area contributed by atoms with E-state index in [1.165, 1.54) is 0 Å². The number of aromatic nitrogens is 2. The molecule has 0 aliphatic rings. The topological polar surface area (TPSA) is 83.3 Å². The first kappa shape index (κ1) is 21.1. The standard InChI is InChI=1S/C23H28N6O/c1-3-26-23(27-12-11-18-7-6-9-19(15-18)22(30)24-2)28-16-20-8-4-5-10-21(20)29-14-13-25-17-29/h4-10,13-15,17H,3,11-12,16H2,1-2H3,(H,24,30)(H2,26,27,28). The zero-order valence-corrected chi connectivity index (χ0v) is 17.4. The van der Waals surface area contributed by atoms with E-state index in [0.717, 1.165) is 35.7 Å². The van der Waals surface area contributed by atoms with E-state index < -0.39 is 0 Å². The lowest BCUT2D eigenvalue weighted by atomic mass is 10.1. The lowest BCUT2D eigenvalue weighted by Gasteiger charge is -2.13. The molecule has 0 fully saturated rings. The van der Waals surface area contributed by atoms with Crippen molar-refractivity contribution in [3.8, 4) is 5.69 Å². The second kappa shape index (κ2) is 10.8. The van der Waals surface area contributed by atoms with Crippen LogP contribution < -0.4 is 16.0 Å². The molecule has 3 aromatic rings. The number of carbonyl (C=O) groups excluding carboxylic acids is 1. The number of guanidine groups is 1. The molecule has 0 aliphatic carbocycles. The van der Waals surface area contributed by atoms with Crippen molar-refractivity contribution in [1.29, 1.82) is 0 Å². The Bertz CT molecular complexity index is 981. The van der Waals surface area contributed by atoms with Gasteiger partial charge in [-0.15, -0.1) is 0 Å². The van der Waals surface area contributed by atoms with E-state index in [9.17, 15) is 4.79 Å². The van der Waals surface area contributed by atoms with Crippen LogP contribution in [0.25, 0.3) is 5.69 Å². The van der Waals surface area contributed by atoms with Gasteiger partial charge >= 0.3 is 0 Å². The summed E-state index contributed by atoms with van der Waals surface area (Å²) in [6, 6.07) is 15.8. The number of carbonyl (C=O) groups is 1. The summed E-state index contributed by atoms with van der Waals surface area (Å²) in [5, 5.41) is 9.32. The van der Waals surface area contributed by atoms with Gasteiger partial charge in [0.15, 0.2) is 5.96 Å². The fourth-order valence-electron chi connectivity index (χ4n) is 3.14. The zero-order chi connectivity index (χ0) is 21.2. The normalized spacial score (nSPS) is 11.2. The largest absolute Gasteiger partial charge is 0.357 e. The molecule has 3 N–H and O–H groups in total. The first-order valence-corrected chi connectivity index (χ1v) is 10.1. The number of benzene rings is 2. The Morgan fingerprint density at radius 3 is 2.77 bits per heavy atom. The third kappa shape index (κ3) is 5.70. The van der Waals surface area contributed by atoms with Crippen molar-refractivity contribution in [2.24, 2.45) is 4.99 Å². The highest BCUT2D eigenvalue weighted by Crippen LogP contribution is 2.15. The van der Waals surface area contributed by atoms with Crippen LogP contribution in [0.15, 0.2) is 72.2 Å². The average Bonchev–Trinajstić information content (AvgIpc) is 3.32. The van der Waals surface area contributed by atoms with Crippen LogP contribution in [0.4, 0.5) is 0 Å². The van der Waals surface area contributed by atoms with Crippen molar-refractivity contribution < 1.29 is 4.79 Å². The van der Waals surface area contributed by atoms with Gasteiger partial charge in [0, 0.05) is 38.1 Å². The van der Waals surface area contributed by atoms with E-state index in [-0.39, 0.29) is 5.91 Å². The van der Waals surface area contributed by atoms with Gasteiger partial charge in [0.2, 0.25) is 0 Å². The number of hydrogen-bond acceptors (Lipinski definition) is 3. The second-order valence-corrected chi connectivity index (χ2v) is 6.75. The van der Waals surface area contributed by atoms with E-state index in [1.54, 1.807) is 19.6 Å². The Balaban J connectivity index is 1.63. The summed E-state index contributed by atoms with van der Waals surface area (Å²) in [5.41, 5.74) is 3.96. The van der Waals surface area contributed by atoms with E-state index in [2.05, 4.69) is 33.1 Å². The predicted octanol–water partition coefficient (Wildman–Crippen LogP) is 2.53. The molecule has 30 heavy (non-hydrogen) atoms. The summed E-state index contributed by atoms with van der Waals surface area (Å²) < 4.78 is 1.99. The lowest BCUT2D eigenvalue weighted by Crippen LogP contribution is -2.38. The van der Waals surface area contributed by atoms with Crippen LogP contribution in [0.1, 0.15) is 28.4 Å². The second-order valence-electron chi connectivity index (χ2n) is 6.75. The first-order valence-electron chi connectivity index (χ1n) is 10.1. The summed E-state index contributed by atoms with van der Waals surface area (Å²) in [6.45, 7) is 4.09. The Hall–Kier alpha value is -3.61. The van der Waals surface area contributed by atoms with Gasteiger partial charge in [-0.3, -0.25) is 4.79 Å². The van der Waals surface area contributed by atoms with E-state index in [1.807, 2.05) is 54.1 Å². The van der Waals surface area contributed by atoms with E-state index in [0.29, 0.717) is 18.7 Å². The molecule has 1 amide bonds. The number of imidazole rings is 1. The minimum atomic E-state index is -0.0729. The molecule has 0 atom stereocenters. The fraction of sp³-hybridized carbons (Fsp3) is 0.261. The van der Waals surface area contributed by atoms with Crippen molar-refractivity contribution in [2.45, 2.75) is 19.9 Å². The van der Waals surface area contributed by atoms with Crippen molar-refractivity contribution in [3.05, 3.63) is 83.9 Å². The molecule has 0 spiro atoms. The SMILES string of the molecule is CCNC(=NCc1ccccc1-n1ccnc1)NCCc1cccc(C(=O)NC)c1. The number of para-hydroxylation sites is 1. The maximum Gasteiger partial charge on any atom is 0.251 e. The highest BCUT2D eigenvalue weighted by atomic mass is 16.1. The molecule has 7 heteroatoms. The van der Waals surface area contributed by atoms with Gasteiger partial charge in [-0.05, 0) is 42.7 Å². The monoisotopic (exact) mass is 404 g/mol. The fourth-order valence-corrected chi connectivity index (χ4v) is 3.14. The van der Waals surface area contributed by atoms with Crippen LogP contribution in [-0.4, -0.2) is 41.6 Å². The van der Waals surface area contributed by atoms with Gasteiger partial charge in [-0.25, -0.2) is 9.98 Å². The molecule has 0 saturated heterocycles. The van der Waals surface area contributed by atoms with Crippen molar-refractivity contribution in [1.82, 2.24) is 25.5 Å². The number of aliphatic imine (C=N–C) groups is 1. The molecule has 0 bridgehead atoms. The molecule has 0 unspecified atom stereocenters. The van der Waals surface area contributed by atoms with E-state index in [4.69, 9.17) is 4.99 Å². The number of nitrogens with one attached hydrogen (secondary N) is 3. The van der Waals surface area contributed by atoms with Crippen LogP contribution >= 0.6 is 0 Å². The summed E-state index contributed by atoms with van der Waals surface area (Å²) in [4.78, 5) is 20.7. The van der Waals surface area contributed by atoms with Crippen LogP contribution in [0.5, 0.6) is 0 Å². The molecular weight excluding hydrogens is 376 g/mol. The average molecular weight is 405 g/mol. The molecule has 2 aromatic carbocycles. The van der Waals surface area contributed by atoms with Gasteiger partial charge in [-0.1, -0.05) is 30.3 Å². The maximum absolute atomic E-state index is 11.8. The highest BCUT2D eigenvalue weighted by molar-refractivity contribution is 5.94. The molecule has 1 aromatic heterocycles. The quantitative estimate of drug-likeness (QED) is 0.398. The van der Waals surface area contributed by atoms with Crippen LogP contribution in [-0.2, 0) is 13.0 Å². The van der Waals surface area contributed by atoms with Gasteiger partial charge in [0.1, 0.15) is 0 Å². The van der Waals surface area contributed by atoms with Gasteiger partial charge in [0.05, 0.1) is 18.6 Å². The molecule has 3 rings (SSSR count). The number of hydrogen-bond donors (Lipinski definition) is 3. The molecule has 7 nitrogen and oxygen atoms in total. The highest BCUT2D eigenvalue weighted by Gasteiger charge is 2.06. The van der Waals surface area contributed by atoms with Crippen molar-refractivity contribution in [3.63, 3.8) is 0 Å². The Morgan fingerprint density at radius 1 is 1.13 bits per heavy atom. The number of nitrogens with zero attached hydrogens (tertiary/aromatic N) is 3. The molecular formula is C23H28N6O. The van der Waals surface area contributed by atoms with Crippen molar-refractivity contribution in [2.75, 3.05) is 20.1 Å². The summed E-state index contributed by atoms with van der Waals surface area (Å²) in [6.07, 6.45) is 6.28. The summed E-state index contributed by atoms with van der Waals surface area (Å²) >= 11 is 0. The van der Waals surface area contributed by atoms with Crippen molar-refractivity contribution >= 4 is 11.9 Å². The molecule has 1 heterocycles. The van der Waals surface area contributed by atoms with Crippen LogP contribution in [0.3, 0.4) is 0 Å². The first-order chi connectivity index (χ1) is 14.7. The minimum absolute atomic E-state index is 0.0729. The molecule has 156 valence electrons. The Kier molecular flexibility index (Phi) is 7.60. The maximum atomic E-state index is 11.8. The lowest BCUT2D eigenvalue weighted by molar-refractivity contribution is 0.0963. The van der Waals surface area contributed by atoms with Gasteiger partial charge < -0.3 is 20.5 Å². The smallest absolute Gasteiger partial charge is 0.251 e.